The lowest BCUT2D eigenvalue weighted by molar-refractivity contribution is -0.376. The number of nitrogens with one attached hydrogen (secondary N) is 1. The summed E-state index contributed by atoms with van der Waals surface area (Å²) >= 11 is 0. The molecule has 46 heavy (non-hydrogen) atoms. The van der Waals surface area contributed by atoms with Crippen molar-refractivity contribution in [2.75, 3.05) is 18.1 Å². The van der Waals surface area contributed by atoms with Gasteiger partial charge in [0, 0.05) is 24.1 Å². The van der Waals surface area contributed by atoms with E-state index in [1.807, 2.05) is 0 Å². The van der Waals surface area contributed by atoms with Crippen LogP contribution in [0.25, 0.3) is 11.1 Å². The smallest absolute Gasteiger partial charge is 0.430 e. The first-order valence-electron chi connectivity index (χ1n) is 13.7. The van der Waals surface area contributed by atoms with Crippen molar-refractivity contribution in [3.8, 4) is 11.1 Å². The second-order valence-corrected chi connectivity index (χ2v) is 13.8. The number of carbonyl (C=O) groups excluding carboxylic acids is 2. The zero-order chi connectivity index (χ0) is 34.5. The van der Waals surface area contributed by atoms with Gasteiger partial charge in [0.05, 0.1) is 4.90 Å². The molecule has 4 rings (SSSR count). The van der Waals surface area contributed by atoms with Gasteiger partial charge in [0.2, 0.25) is 0 Å². The van der Waals surface area contributed by atoms with Gasteiger partial charge in [-0.2, -0.15) is 26.3 Å². The van der Waals surface area contributed by atoms with E-state index in [1.165, 1.54) is 47.4 Å². The van der Waals surface area contributed by atoms with Crippen molar-refractivity contribution < 1.29 is 54.2 Å². The molecule has 0 saturated heterocycles. The average Bonchev–Trinajstić information content (AvgIpc) is 2.93. The molecule has 1 unspecified atom stereocenters. The summed E-state index contributed by atoms with van der Waals surface area (Å²) < 4.78 is 109. The fourth-order valence-electron chi connectivity index (χ4n) is 4.98. The molecule has 0 radical (unpaired) electrons. The highest BCUT2D eigenvalue weighted by Gasteiger charge is 2.71. The van der Waals surface area contributed by atoms with Crippen LogP contribution in [-0.4, -0.2) is 61.2 Å². The maximum atomic E-state index is 13.7. The number of benzene rings is 3. The van der Waals surface area contributed by atoms with E-state index >= 15 is 0 Å². The third-order valence-electron chi connectivity index (χ3n) is 7.26. The van der Waals surface area contributed by atoms with Gasteiger partial charge in [-0.3, -0.25) is 9.69 Å². The minimum Gasteiger partial charge on any atom is -0.444 e. The number of amides is 2. The summed E-state index contributed by atoms with van der Waals surface area (Å²) in [4.78, 5) is 28.1. The molecular weight excluding hydrogens is 642 g/mol. The first-order valence-corrected chi connectivity index (χ1v) is 15.6. The molecule has 15 heteroatoms. The Morgan fingerprint density at radius 3 is 1.87 bits per heavy atom. The van der Waals surface area contributed by atoms with Crippen LogP contribution in [0.1, 0.15) is 43.5 Å². The fraction of sp³-hybridized carbons (Fsp3) is 0.355. The number of sulfone groups is 1. The van der Waals surface area contributed by atoms with Crippen molar-refractivity contribution in [1.82, 2.24) is 4.90 Å². The third-order valence-corrected chi connectivity index (χ3v) is 8.37. The van der Waals surface area contributed by atoms with Gasteiger partial charge in [-0.05, 0) is 73.7 Å². The van der Waals surface area contributed by atoms with Crippen LogP contribution in [0.3, 0.4) is 0 Å². The van der Waals surface area contributed by atoms with Crippen LogP contribution in [0, 0.1) is 0 Å². The maximum absolute atomic E-state index is 13.7. The van der Waals surface area contributed by atoms with E-state index in [9.17, 15) is 49.5 Å². The summed E-state index contributed by atoms with van der Waals surface area (Å²) in [7, 11) is -3.54. The molecule has 2 amide bonds. The van der Waals surface area contributed by atoms with E-state index in [0.29, 0.717) is 28.8 Å². The fourth-order valence-corrected chi connectivity index (χ4v) is 5.65. The highest BCUT2D eigenvalue weighted by molar-refractivity contribution is 7.90. The van der Waals surface area contributed by atoms with Crippen LogP contribution in [0.2, 0.25) is 0 Å². The predicted molar refractivity (Wildman–Crippen MR) is 155 cm³/mol. The lowest BCUT2D eigenvalue weighted by Crippen LogP contribution is -2.53. The molecule has 0 fully saturated rings. The summed E-state index contributed by atoms with van der Waals surface area (Å²) in [6, 6.07) is 11.9. The van der Waals surface area contributed by atoms with Gasteiger partial charge in [-0.25, -0.2) is 13.2 Å². The number of nitrogens with zero attached hydrogens (tertiary/aromatic N) is 1. The maximum Gasteiger partial charge on any atom is 0.430 e. The number of fused-ring (bicyclic) bond motifs is 1. The molecule has 8 nitrogen and oxygen atoms in total. The third kappa shape index (κ3) is 6.99. The highest BCUT2D eigenvalue weighted by Crippen LogP contribution is 2.50. The summed E-state index contributed by atoms with van der Waals surface area (Å²) in [5, 5.41) is 12.3. The lowest BCUT2D eigenvalue weighted by Gasteiger charge is -2.37. The number of ether oxygens (including phenoxy) is 1. The van der Waals surface area contributed by atoms with Gasteiger partial charge >= 0.3 is 18.4 Å². The molecule has 1 aliphatic rings. The van der Waals surface area contributed by atoms with Gasteiger partial charge < -0.3 is 15.2 Å². The van der Waals surface area contributed by atoms with E-state index in [0.717, 1.165) is 18.4 Å². The van der Waals surface area contributed by atoms with Gasteiger partial charge in [0.1, 0.15) is 11.6 Å². The van der Waals surface area contributed by atoms with Crippen molar-refractivity contribution in [3.05, 3.63) is 83.4 Å². The Kier molecular flexibility index (Phi) is 9.00. The minimum absolute atomic E-state index is 0.0555. The molecule has 3 aromatic carbocycles. The number of hydrogen-bond donors (Lipinski definition) is 2. The zero-order valence-electron chi connectivity index (χ0n) is 25.0. The molecule has 0 saturated carbocycles. The predicted octanol–water partition coefficient (Wildman–Crippen LogP) is 6.54. The highest BCUT2D eigenvalue weighted by atomic mass is 32.2. The molecule has 3 aromatic rings. The van der Waals surface area contributed by atoms with Crippen molar-refractivity contribution in [2.24, 2.45) is 0 Å². The van der Waals surface area contributed by atoms with Gasteiger partial charge in [-0.15, -0.1) is 0 Å². The number of alkyl halides is 6. The van der Waals surface area contributed by atoms with E-state index in [1.54, 1.807) is 20.8 Å². The number of halogens is 6. The van der Waals surface area contributed by atoms with Crippen LogP contribution >= 0.6 is 0 Å². The Bertz CT molecular complexity index is 1720. The monoisotopic (exact) mass is 672 g/mol. The summed E-state index contributed by atoms with van der Waals surface area (Å²) in [6.07, 6.45) is -11.5. The number of anilines is 1. The normalized spacial score (nSPS) is 16.1. The van der Waals surface area contributed by atoms with E-state index in [2.05, 4.69) is 5.32 Å². The summed E-state index contributed by atoms with van der Waals surface area (Å²) in [5.74, 6) is -0.644. The second kappa shape index (κ2) is 11.9. The molecular formula is C31H30F6N2O6S. The van der Waals surface area contributed by atoms with Gasteiger partial charge in [-0.1, -0.05) is 42.5 Å². The van der Waals surface area contributed by atoms with Crippen molar-refractivity contribution >= 4 is 27.5 Å². The van der Waals surface area contributed by atoms with Crippen molar-refractivity contribution in [1.29, 1.82) is 0 Å². The number of hydrogen-bond acceptors (Lipinski definition) is 6. The van der Waals surface area contributed by atoms with E-state index < -0.39 is 57.0 Å². The number of rotatable bonds is 5. The minimum atomic E-state index is -6.01. The Labute approximate surface area is 260 Å². The Morgan fingerprint density at radius 1 is 0.870 bits per heavy atom. The average molecular weight is 673 g/mol. The lowest BCUT2D eigenvalue weighted by atomic mass is 9.90. The number of aliphatic hydroxyl groups is 1. The molecule has 0 spiro atoms. The molecule has 2 N–H and O–H groups in total. The molecule has 1 heterocycles. The molecule has 0 aromatic heterocycles. The van der Waals surface area contributed by atoms with Crippen molar-refractivity contribution in [3.63, 3.8) is 0 Å². The van der Waals surface area contributed by atoms with Gasteiger partial charge in [0.25, 0.3) is 11.5 Å². The topological polar surface area (TPSA) is 113 Å². The Morgan fingerprint density at radius 2 is 1.39 bits per heavy atom. The SMILES string of the molecule is CC(C)(C)OC(=O)N1CCc2cc(S(C)(=O)=O)ccc2C1C(=O)Nc1ccc(-c2ccc(C(O)(C(F)(F)F)C(F)(F)F)cc2)cc1. The molecule has 1 aliphatic heterocycles. The summed E-state index contributed by atoms with van der Waals surface area (Å²) in [5.41, 5.74) is -5.51. The Balaban J connectivity index is 1.61. The van der Waals surface area contributed by atoms with E-state index in [-0.39, 0.29) is 29.1 Å². The van der Waals surface area contributed by atoms with Crippen LogP contribution < -0.4 is 5.32 Å². The van der Waals surface area contributed by atoms with E-state index in [4.69, 9.17) is 4.74 Å². The quantitative estimate of drug-likeness (QED) is 0.298. The molecule has 0 aliphatic carbocycles. The molecule has 1 atom stereocenters. The van der Waals surface area contributed by atoms with Crippen LogP contribution in [0.4, 0.5) is 36.8 Å². The number of carbonyl (C=O) groups is 2. The zero-order valence-corrected chi connectivity index (χ0v) is 25.8. The van der Waals surface area contributed by atoms with Crippen LogP contribution in [0.5, 0.6) is 0 Å². The Hall–Kier alpha value is -4.11. The van der Waals surface area contributed by atoms with Crippen molar-refractivity contribution in [2.45, 2.75) is 61.7 Å². The van der Waals surface area contributed by atoms with Gasteiger partial charge in [0.15, 0.2) is 9.84 Å². The second-order valence-electron chi connectivity index (χ2n) is 11.8. The molecule has 0 bridgehead atoms. The largest absolute Gasteiger partial charge is 0.444 e. The standard InChI is InChI=1S/C31H30F6N2O6S/c1-28(2,3)45-27(41)39-16-15-20-17-23(46(4,43)44)13-14-24(20)25(39)26(40)38-22-11-7-19(8-12-22)18-5-9-21(10-6-18)29(42,30(32,33)34)31(35,36)37/h5-14,17,25,42H,15-16H2,1-4H3,(H,38,40). The first kappa shape index (κ1) is 34.8. The van der Waals surface area contributed by atoms with Crippen LogP contribution in [-0.2, 0) is 31.4 Å². The molecule has 248 valence electrons. The first-order chi connectivity index (χ1) is 21.0. The summed E-state index contributed by atoms with van der Waals surface area (Å²) in [6.45, 7) is 5.05. The van der Waals surface area contributed by atoms with Crippen LogP contribution in [0.15, 0.2) is 71.6 Å².